The van der Waals surface area contributed by atoms with Crippen LogP contribution in [-0.4, -0.2) is 5.91 Å². The maximum Gasteiger partial charge on any atom is 0.267 e. The average molecular weight is 344 g/mol. The lowest BCUT2D eigenvalue weighted by Gasteiger charge is -2.16. The van der Waals surface area contributed by atoms with Crippen LogP contribution in [0.1, 0.15) is 36.5 Å². The fourth-order valence-corrected chi connectivity index (χ4v) is 2.53. The predicted octanol–water partition coefficient (Wildman–Crippen LogP) is 4.45. The summed E-state index contributed by atoms with van der Waals surface area (Å²) < 4.78 is 0. The fourth-order valence-electron chi connectivity index (χ4n) is 2.53. The van der Waals surface area contributed by atoms with Crippen molar-refractivity contribution in [1.29, 1.82) is 10.5 Å². The second kappa shape index (κ2) is 8.50. The van der Waals surface area contributed by atoms with Gasteiger partial charge in [0.15, 0.2) is 0 Å². The van der Waals surface area contributed by atoms with Crippen molar-refractivity contribution in [2.45, 2.75) is 26.7 Å². The van der Waals surface area contributed by atoms with Gasteiger partial charge >= 0.3 is 0 Å². The number of aryl methyl sites for hydroxylation is 1. The summed E-state index contributed by atoms with van der Waals surface area (Å²) in [5.74, 6) is -0.258. The third-order valence-electron chi connectivity index (χ3n) is 3.95. The molecule has 0 radical (unpaired) electrons. The molecule has 0 aliphatic heterocycles. The summed E-state index contributed by atoms with van der Waals surface area (Å²) in [6.45, 7) is 6.01. The number of carbonyl (C=O) groups is 1. The van der Waals surface area contributed by atoms with Crippen LogP contribution in [0.3, 0.4) is 0 Å². The number of hydrogen-bond acceptors (Lipinski definition) is 4. The first kappa shape index (κ1) is 18.8. The molecule has 2 aromatic rings. The van der Waals surface area contributed by atoms with E-state index in [1.807, 2.05) is 45.0 Å². The molecule has 0 unspecified atom stereocenters. The minimum absolute atomic E-state index is 0.0734. The third-order valence-corrected chi connectivity index (χ3v) is 3.95. The number of carbonyl (C=O) groups excluding carboxylic acids is 1. The molecule has 130 valence electrons. The number of hydrogen-bond donors (Lipinski definition) is 2. The first-order valence-electron chi connectivity index (χ1n) is 8.24. The van der Waals surface area contributed by atoms with Crippen LogP contribution in [0.5, 0.6) is 0 Å². The van der Waals surface area contributed by atoms with Crippen molar-refractivity contribution in [3.05, 3.63) is 70.9 Å². The molecule has 5 nitrogen and oxygen atoms in total. The smallest absolute Gasteiger partial charge is 0.267 e. The van der Waals surface area contributed by atoms with Crippen LogP contribution in [0.15, 0.2) is 54.2 Å². The zero-order chi connectivity index (χ0) is 19.1. The lowest BCUT2D eigenvalue weighted by molar-refractivity contribution is -0.112. The van der Waals surface area contributed by atoms with E-state index in [1.165, 1.54) is 6.20 Å². The van der Waals surface area contributed by atoms with Crippen LogP contribution in [0, 0.1) is 29.6 Å². The van der Waals surface area contributed by atoms with E-state index in [0.29, 0.717) is 11.3 Å². The van der Waals surface area contributed by atoms with Crippen molar-refractivity contribution < 1.29 is 4.79 Å². The molecule has 0 spiro atoms. The number of nitrogens with zero attached hydrogens (tertiary/aromatic N) is 2. The number of amides is 1. The molecular formula is C21H20N4O. The van der Waals surface area contributed by atoms with Crippen LogP contribution in [0.25, 0.3) is 0 Å². The molecule has 0 bridgehead atoms. The van der Waals surface area contributed by atoms with Crippen molar-refractivity contribution in [2.24, 2.45) is 0 Å². The highest BCUT2D eigenvalue weighted by Gasteiger charge is 2.15. The summed E-state index contributed by atoms with van der Waals surface area (Å²) in [5, 5.41) is 24.2. The van der Waals surface area contributed by atoms with Gasteiger partial charge in [-0.3, -0.25) is 4.79 Å². The number of anilines is 2. The second-order valence-corrected chi connectivity index (χ2v) is 6.12. The molecule has 26 heavy (non-hydrogen) atoms. The Labute approximate surface area is 153 Å². The Morgan fingerprint density at radius 2 is 1.85 bits per heavy atom. The molecule has 2 N–H and O–H groups in total. The molecule has 0 aliphatic rings. The van der Waals surface area contributed by atoms with Gasteiger partial charge in [-0.2, -0.15) is 10.5 Å². The first-order valence-corrected chi connectivity index (χ1v) is 8.24. The van der Waals surface area contributed by atoms with Gasteiger partial charge in [0, 0.05) is 11.9 Å². The van der Waals surface area contributed by atoms with Gasteiger partial charge in [0.05, 0.1) is 11.3 Å². The Hall–Kier alpha value is -3.57. The van der Waals surface area contributed by atoms with Crippen molar-refractivity contribution >= 4 is 17.3 Å². The Morgan fingerprint density at radius 3 is 2.50 bits per heavy atom. The van der Waals surface area contributed by atoms with E-state index in [4.69, 9.17) is 5.26 Å². The maximum atomic E-state index is 12.5. The quantitative estimate of drug-likeness (QED) is 0.619. The van der Waals surface area contributed by atoms with Crippen LogP contribution in [-0.2, 0) is 4.79 Å². The lowest BCUT2D eigenvalue weighted by Crippen LogP contribution is -2.17. The average Bonchev–Trinajstić information content (AvgIpc) is 2.64. The highest BCUT2D eigenvalue weighted by molar-refractivity contribution is 6.07. The third kappa shape index (κ3) is 4.28. The van der Waals surface area contributed by atoms with Crippen molar-refractivity contribution in [3.63, 3.8) is 0 Å². The van der Waals surface area contributed by atoms with E-state index in [1.54, 1.807) is 24.3 Å². The van der Waals surface area contributed by atoms with E-state index in [0.717, 1.165) is 16.8 Å². The van der Waals surface area contributed by atoms with Crippen LogP contribution >= 0.6 is 0 Å². The van der Waals surface area contributed by atoms with Crippen LogP contribution in [0.2, 0.25) is 0 Å². The van der Waals surface area contributed by atoms with Gasteiger partial charge < -0.3 is 10.6 Å². The first-order chi connectivity index (χ1) is 12.5. The zero-order valence-electron chi connectivity index (χ0n) is 15.0. The summed E-state index contributed by atoms with van der Waals surface area (Å²) in [7, 11) is 0. The highest BCUT2D eigenvalue weighted by atomic mass is 16.1. The summed E-state index contributed by atoms with van der Waals surface area (Å²) in [5.41, 5.74) is 3.57. The van der Waals surface area contributed by atoms with E-state index in [9.17, 15) is 10.1 Å². The van der Waals surface area contributed by atoms with Crippen molar-refractivity contribution in [3.8, 4) is 12.1 Å². The Bertz CT molecular complexity index is 930. The number of rotatable bonds is 5. The normalized spacial score (nSPS) is 10.8. The highest BCUT2D eigenvalue weighted by Crippen LogP contribution is 2.27. The van der Waals surface area contributed by atoms with Crippen LogP contribution < -0.4 is 10.6 Å². The summed E-state index contributed by atoms with van der Waals surface area (Å²) in [6.07, 6.45) is 1.32. The van der Waals surface area contributed by atoms with Crippen molar-refractivity contribution in [2.75, 3.05) is 10.6 Å². The zero-order valence-corrected chi connectivity index (χ0v) is 15.0. The molecule has 0 fully saturated rings. The molecule has 1 amide bonds. The minimum Gasteiger partial charge on any atom is -0.359 e. The van der Waals surface area contributed by atoms with Crippen LogP contribution in [0.4, 0.5) is 11.4 Å². The Balaban J connectivity index is 2.26. The number of nitrogens with one attached hydrogen (secondary N) is 2. The Kier molecular flexibility index (Phi) is 6.14. The van der Waals surface area contributed by atoms with Gasteiger partial charge in [-0.05, 0) is 36.1 Å². The monoisotopic (exact) mass is 344 g/mol. The molecule has 0 saturated carbocycles. The molecule has 2 aromatic carbocycles. The minimum atomic E-state index is -0.495. The molecule has 2 rings (SSSR count). The Morgan fingerprint density at radius 1 is 1.12 bits per heavy atom. The van der Waals surface area contributed by atoms with E-state index < -0.39 is 5.91 Å². The number of benzene rings is 2. The number of nitriles is 2. The summed E-state index contributed by atoms with van der Waals surface area (Å²) >= 11 is 0. The molecule has 0 atom stereocenters. The second-order valence-electron chi connectivity index (χ2n) is 6.12. The number of para-hydroxylation sites is 2. The van der Waals surface area contributed by atoms with E-state index >= 15 is 0 Å². The largest absolute Gasteiger partial charge is 0.359 e. The SMILES string of the molecule is Cc1cccc(C(C)C)c1NC(=O)/C(C#N)=C\Nc1ccccc1C#N. The molecule has 0 saturated heterocycles. The van der Waals surface area contributed by atoms with E-state index in [-0.39, 0.29) is 11.5 Å². The maximum absolute atomic E-state index is 12.5. The van der Waals surface area contributed by atoms with Gasteiger partial charge in [-0.25, -0.2) is 0 Å². The molecule has 5 heteroatoms. The summed E-state index contributed by atoms with van der Waals surface area (Å²) in [6, 6.07) is 16.7. The molecule has 0 heterocycles. The van der Waals surface area contributed by atoms with Gasteiger partial charge in [0.2, 0.25) is 0 Å². The lowest BCUT2D eigenvalue weighted by atomic mass is 9.98. The standard InChI is InChI=1S/C21H20N4O/c1-14(2)18-9-6-7-15(3)20(18)25-21(26)17(12-23)13-24-19-10-5-4-8-16(19)11-22/h4-10,13-14,24H,1-3H3,(H,25,26)/b17-13-. The van der Waals surface area contributed by atoms with Gasteiger partial charge in [-0.1, -0.05) is 44.2 Å². The molecular weight excluding hydrogens is 324 g/mol. The van der Waals surface area contributed by atoms with E-state index in [2.05, 4.69) is 16.7 Å². The van der Waals surface area contributed by atoms with Gasteiger partial charge in [0.1, 0.15) is 17.7 Å². The van der Waals surface area contributed by atoms with Crippen molar-refractivity contribution in [1.82, 2.24) is 0 Å². The predicted molar refractivity (Wildman–Crippen MR) is 102 cm³/mol. The molecule has 0 aromatic heterocycles. The van der Waals surface area contributed by atoms with Gasteiger partial charge in [-0.15, -0.1) is 0 Å². The van der Waals surface area contributed by atoms with Gasteiger partial charge in [0.25, 0.3) is 5.91 Å². The summed E-state index contributed by atoms with van der Waals surface area (Å²) in [4.78, 5) is 12.5. The molecule has 0 aliphatic carbocycles. The fraction of sp³-hybridized carbons (Fsp3) is 0.190. The topological polar surface area (TPSA) is 88.7 Å².